The third-order valence-electron chi connectivity index (χ3n) is 5.25. The van der Waals surface area contributed by atoms with Crippen molar-refractivity contribution in [2.75, 3.05) is 7.05 Å². The minimum Gasteiger partial charge on any atom is -0.339 e. The maximum Gasteiger partial charge on any atom is 0.227 e. The molecule has 0 saturated carbocycles. The van der Waals surface area contributed by atoms with Crippen LogP contribution in [0.15, 0.2) is 79.4 Å². The summed E-state index contributed by atoms with van der Waals surface area (Å²) in [7, 11) is 1.86. The molecule has 0 N–H and O–H groups in total. The lowest BCUT2D eigenvalue weighted by atomic mass is 10.0. The van der Waals surface area contributed by atoms with E-state index in [1.54, 1.807) is 11.0 Å². The molecule has 1 heterocycles. The van der Waals surface area contributed by atoms with Crippen molar-refractivity contribution >= 4 is 16.7 Å². The quantitative estimate of drug-likeness (QED) is 0.529. The van der Waals surface area contributed by atoms with E-state index in [0.29, 0.717) is 6.42 Å². The first-order valence-electron chi connectivity index (χ1n) is 9.31. The van der Waals surface area contributed by atoms with Gasteiger partial charge in [-0.15, -0.1) is 0 Å². The number of carbonyl (C=O) groups excluding carboxylic acids is 1. The molecular formula is C23H22N4O. The Kier molecular flexibility index (Phi) is 4.89. The summed E-state index contributed by atoms with van der Waals surface area (Å²) in [4.78, 5) is 18.7. The van der Waals surface area contributed by atoms with Crippen molar-refractivity contribution in [3.05, 3.63) is 90.5 Å². The first-order valence-corrected chi connectivity index (χ1v) is 9.31. The Balaban J connectivity index is 1.50. The Hall–Kier alpha value is -3.47. The molecule has 0 aliphatic carbocycles. The number of likely N-dealkylation sites (N-methyl/N-ethyl adjacent to an activating group) is 1. The summed E-state index contributed by atoms with van der Waals surface area (Å²) < 4.78 is 1.71. The van der Waals surface area contributed by atoms with Crippen LogP contribution in [0.2, 0.25) is 0 Å². The van der Waals surface area contributed by atoms with E-state index >= 15 is 0 Å². The number of rotatable bonds is 5. The lowest BCUT2D eigenvalue weighted by molar-refractivity contribution is -0.131. The molecule has 0 saturated heterocycles. The normalized spacial score (nSPS) is 12.1. The second-order valence-electron chi connectivity index (χ2n) is 6.93. The zero-order chi connectivity index (χ0) is 19.5. The van der Waals surface area contributed by atoms with Gasteiger partial charge in [-0.1, -0.05) is 54.6 Å². The zero-order valence-corrected chi connectivity index (χ0v) is 16.0. The second-order valence-corrected chi connectivity index (χ2v) is 6.93. The van der Waals surface area contributed by atoms with E-state index in [1.807, 2.05) is 67.4 Å². The van der Waals surface area contributed by atoms with Crippen LogP contribution in [0.3, 0.4) is 0 Å². The number of fused-ring (bicyclic) bond motifs is 1. The molecule has 4 aromatic rings. The molecule has 1 atom stereocenters. The molecule has 5 heteroatoms. The van der Waals surface area contributed by atoms with E-state index in [1.165, 1.54) is 6.33 Å². The fourth-order valence-electron chi connectivity index (χ4n) is 3.42. The smallest absolute Gasteiger partial charge is 0.227 e. The third kappa shape index (κ3) is 3.51. The lowest BCUT2D eigenvalue weighted by Gasteiger charge is -2.26. The summed E-state index contributed by atoms with van der Waals surface area (Å²) in [5.41, 5.74) is 3.08. The van der Waals surface area contributed by atoms with Gasteiger partial charge in [-0.3, -0.25) is 4.79 Å². The molecule has 3 aromatic carbocycles. The predicted octanol–water partition coefficient (Wildman–Crippen LogP) is 4.18. The van der Waals surface area contributed by atoms with Crippen LogP contribution in [0.1, 0.15) is 24.1 Å². The molecule has 0 aliphatic rings. The summed E-state index contributed by atoms with van der Waals surface area (Å²) >= 11 is 0. The van der Waals surface area contributed by atoms with Gasteiger partial charge in [0.15, 0.2) is 0 Å². The molecule has 4 rings (SSSR count). The van der Waals surface area contributed by atoms with Gasteiger partial charge in [-0.25, -0.2) is 9.67 Å². The second kappa shape index (κ2) is 7.64. The van der Waals surface area contributed by atoms with Crippen molar-refractivity contribution in [2.24, 2.45) is 0 Å². The largest absolute Gasteiger partial charge is 0.339 e. The van der Waals surface area contributed by atoms with Crippen molar-refractivity contribution in [3.63, 3.8) is 0 Å². The molecule has 0 spiro atoms. The highest BCUT2D eigenvalue weighted by atomic mass is 16.2. The van der Waals surface area contributed by atoms with Gasteiger partial charge in [-0.05, 0) is 41.0 Å². The molecule has 0 bridgehead atoms. The molecular weight excluding hydrogens is 348 g/mol. The molecule has 1 aromatic heterocycles. The molecule has 1 amide bonds. The fourth-order valence-corrected chi connectivity index (χ4v) is 3.42. The van der Waals surface area contributed by atoms with Crippen LogP contribution in [0.4, 0.5) is 0 Å². The summed E-state index contributed by atoms with van der Waals surface area (Å²) in [5.74, 6) is 0.101. The Bertz CT molecular complexity index is 1080. The van der Waals surface area contributed by atoms with E-state index in [4.69, 9.17) is 0 Å². The monoisotopic (exact) mass is 370 g/mol. The topological polar surface area (TPSA) is 51.0 Å². The third-order valence-corrected chi connectivity index (χ3v) is 5.25. The van der Waals surface area contributed by atoms with Crippen LogP contribution in [0.25, 0.3) is 16.5 Å². The number of aromatic nitrogens is 3. The highest BCUT2D eigenvalue weighted by molar-refractivity contribution is 5.90. The number of carbonyl (C=O) groups is 1. The van der Waals surface area contributed by atoms with Gasteiger partial charge in [0.2, 0.25) is 5.91 Å². The Labute approximate surface area is 164 Å². The van der Waals surface area contributed by atoms with Crippen LogP contribution in [0, 0.1) is 0 Å². The van der Waals surface area contributed by atoms with E-state index in [2.05, 4.69) is 28.3 Å². The number of nitrogens with zero attached hydrogens (tertiary/aromatic N) is 4. The molecule has 0 radical (unpaired) electrons. The van der Waals surface area contributed by atoms with Crippen LogP contribution < -0.4 is 0 Å². The Morgan fingerprint density at radius 3 is 2.54 bits per heavy atom. The van der Waals surface area contributed by atoms with Gasteiger partial charge in [0, 0.05) is 7.05 Å². The van der Waals surface area contributed by atoms with Gasteiger partial charge in [0.25, 0.3) is 0 Å². The molecule has 140 valence electrons. The standard InChI is InChI=1S/C23H22N4O/c1-17(18-10-12-21(13-11-18)27-16-24-15-25-27)26(2)23(28)14-20-8-5-7-19-6-3-4-9-22(19)20/h3-13,15-17H,14H2,1-2H3. The average molecular weight is 370 g/mol. The summed E-state index contributed by atoms with van der Waals surface area (Å²) in [5, 5.41) is 6.43. The SMILES string of the molecule is CC(c1ccc(-n2cncn2)cc1)N(C)C(=O)Cc1cccc2ccccc12. The number of amides is 1. The molecule has 1 unspecified atom stereocenters. The van der Waals surface area contributed by atoms with Crippen molar-refractivity contribution in [2.45, 2.75) is 19.4 Å². The maximum atomic E-state index is 12.9. The maximum absolute atomic E-state index is 12.9. The van der Waals surface area contributed by atoms with E-state index < -0.39 is 0 Å². The van der Waals surface area contributed by atoms with E-state index in [9.17, 15) is 4.79 Å². The van der Waals surface area contributed by atoms with Gasteiger partial charge < -0.3 is 4.90 Å². The number of hydrogen-bond acceptors (Lipinski definition) is 3. The first-order chi connectivity index (χ1) is 13.6. The zero-order valence-electron chi connectivity index (χ0n) is 16.0. The van der Waals surface area contributed by atoms with Crippen molar-refractivity contribution in [1.29, 1.82) is 0 Å². The number of hydrogen-bond donors (Lipinski definition) is 0. The highest BCUT2D eigenvalue weighted by Gasteiger charge is 2.18. The molecule has 5 nitrogen and oxygen atoms in total. The van der Waals surface area contributed by atoms with Crippen LogP contribution in [-0.4, -0.2) is 32.6 Å². The summed E-state index contributed by atoms with van der Waals surface area (Å²) in [6.45, 7) is 2.05. The van der Waals surface area contributed by atoms with Crippen LogP contribution in [0.5, 0.6) is 0 Å². The lowest BCUT2D eigenvalue weighted by Crippen LogP contribution is -2.31. The molecule has 28 heavy (non-hydrogen) atoms. The van der Waals surface area contributed by atoms with Gasteiger partial charge in [-0.2, -0.15) is 5.10 Å². The minimum absolute atomic E-state index is 0.0210. The number of benzene rings is 3. The Morgan fingerprint density at radius 2 is 1.79 bits per heavy atom. The van der Waals surface area contributed by atoms with Crippen molar-refractivity contribution in [3.8, 4) is 5.69 Å². The molecule has 0 fully saturated rings. The average Bonchev–Trinajstić information content (AvgIpc) is 3.28. The predicted molar refractivity (Wildman–Crippen MR) is 110 cm³/mol. The Morgan fingerprint density at radius 1 is 1.04 bits per heavy atom. The van der Waals surface area contributed by atoms with Gasteiger partial charge >= 0.3 is 0 Å². The van der Waals surface area contributed by atoms with E-state index in [0.717, 1.165) is 27.6 Å². The summed E-state index contributed by atoms with van der Waals surface area (Å²) in [6, 6.07) is 22.3. The van der Waals surface area contributed by atoms with E-state index in [-0.39, 0.29) is 11.9 Å². The van der Waals surface area contributed by atoms with Crippen molar-refractivity contribution in [1.82, 2.24) is 19.7 Å². The minimum atomic E-state index is -0.0210. The summed E-state index contributed by atoms with van der Waals surface area (Å²) in [6.07, 6.45) is 3.56. The van der Waals surface area contributed by atoms with Crippen LogP contribution >= 0.6 is 0 Å². The highest BCUT2D eigenvalue weighted by Crippen LogP contribution is 2.23. The molecule has 0 aliphatic heterocycles. The first kappa shape index (κ1) is 17.9. The van der Waals surface area contributed by atoms with Gasteiger partial charge in [0.05, 0.1) is 18.2 Å². The van der Waals surface area contributed by atoms with Crippen molar-refractivity contribution < 1.29 is 4.79 Å². The van der Waals surface area contributed by atoms with Crippen LogP contribution in [-0.2, 0) is 11.2 Å². The van der Waals surface area contributed by atoms with Gasteiger partial charge in [0.1, 0.15) is 12.7 Å². The fraction of sp³-hybridized carbons (Fsp3) is 0.174.